The number of aliphatic hydroxyl groups excluding tert-OH is 2. The van der Waals surface area contributed by atoms with E-state index in [9.17, 15) is 10.2 Å². The summed E-state index contributed by atoms with van der Waals surface area (Å²) < 4.78 is 0. The first-order valence-corrected chi connectivity index (χ1v) is 10.6. The van der Waals surface area contributed by atoms with Gasteiger partial charge in [-0.1, -0.05) is 37.9 Å². The minimum Gasteiger partial charge on any atom is -0.396 e. The van der Waals surface area contributed by atoms with Gasteiger partial charge in [0.05, 0.1) is 0 Å². The lowest BCUT2D eigenvalue weighted by Crippen LogP contribution is -2.23. The number of rotatable bonds is 6. The average Bonchev–Trinajstić information content (AvgIpc) is 2.64. The van der Waals surface area contributed by atoms with E-state index in [1.54, 1.807) is 0 Å². The van der Waals surface area contributed by atoms with Crippen molar-refractivity contribution >= 4 is 8.07 Å². The third-order valence-corrected chi connectivity index (χ3v) is 5.49. The van der Waals surface area contributed by atoms with E-state index in [1.165, 1.54) is 6.04 Å². The molecule has 104 valence electrons. The van der Waals surface area contributed by atoms with Gasteiger partial charge in [0.2, 0.25) is 0 Å². The smallest absolute Gasteiger partial charge is 0.0480 e. The van der Waals surface area contributed by atoms with E-state index in [-0.39, 0.29) is 25.0 Å². The van der Waals surface area contributed by atoms with Gasteiger partial charge in [0.25, 0.3) is 0 Å². The highest BCUT2D eigenvalue weighted by Crippen LogP contribution is 2.42. The first-order chi connectivity index (χ1) is 8.42. The zero-order valence-corrected chi connectivity index (χ0v) is 13.0. The van der Waals surface area contributed by atoms with Gasteiger partial charge in [-0.15, -0.1) is 6.58 Å². The second-order valence-corrected chi connectivity index (χ2v) is 12.2. The Balaban J connectivity index is 2.68. The number of aliphatic hydroxyl groups is 2. The maximum Gasteiger partial charge on any atom is 0.0480 e. The fourth-order valence-electron chi connectivity index (χ4n) is 2.93. The average molecular weight is 268 g/mol. The maximum atomic E-state index is 9.54. The summed E-state index contributed by atoms with van der Waals surface area (Å²) in [7, 11) is -1.03. The Labute approximate surface area is 112 Å². The van der Waals surface area contributed by atoms with Gasteiger partial charge >= 0.3 is 0 Å². The number of allylic oxidation sites excluding steroid dienone is 3. The molecule has 3 heteroatoms. The van der Waals surface area contributed by atoms with Crippen LogP contribution in [-0.4, -0.2) is 31.5 Å². The third-order valence-electron chi connectivity index (χ3n) is 4.03. The summed E-state index contributed by atoms with van der Waals surface area (Å²) in [5.74, 6) is 1.10. The van der Waals surface area contributed by atoms with E-state index in [0.29, 0.717) is 11.8 Å². The van der Waals surface area contributed by atoms with Crippen molar-refractivity contribution in [1.29, 1.82) is 0 Å². The van der Waals surface area contributed by atoms with Gasteiger partial charge in [0, 0.05) is 21.3 Å². The highest BCUT2D eigenvalue weighted by atomic mass is 28.3. The first kappa shape index (κ1) is 15.7. The molecule has 1 aliphatic rings. The maximum absolute atomic E-state index is 9.54. The molecule has 0 radical (unpaired) electrons. The topological polar surface area (TPSA) is 40.5 Å². The van der Waals surface area contributed by atoms with Crippen LogP contribution in [0.4, 0.5) is 0 Å². The molecule has 0 heterocycles. The molecule has 0 amide bonds. The van der Waals surface area contributed by atoms with Gasteiger partial charge < -0.3 is 10.2 Å². The highest BCUT2D eigenvalue weighted by Gasteiger charge is 2.39. The van der Waals surface area contributed by atoms with Crippen LogP contribution in [0.3, 0.4) is 0 Å². The van der Waals surface area contributed by atoms with E-state index in [0.717, 1.165) is 6.42 Å². The molecule has 0 aromatic rings. The Morgan fingerprint density at radius 2 is 1.67 bits per heavy atom. The van der Waals surface area contributed by atoms with Crippen molar-refractivity contribution in [3.8, 4) is 0 Å². The molecule has 0 spiro atoms. The largest absolute Gasteiger partial charge is 0.396 e. The molecule has 2 N–H and O–H groups in total. The molecule has 0 aromatic heterocycles. The molecule has 1 rings (SSSR count). The standard InChI is InChI=1S/C15H28O2Si/c1-5-12-9-13(7-6-8-18(2,3)4)15(11-17)14(12)10-16/h5-7,12-17H,1,8-11H2,2-4H3/b7-6-/t12-,13+,14+,15-/m1/s1. The summed E-state index contributed by atoms with van der Waals surface area (Å²) in [6.07, 6.45) is 7.52. The Hall–Kier alpha value is -0.383. The molecule has 18 heavy (non-hydrogen) atoms. The van der Waals surface area contributed by atoms with E-state index in [4.69, 9.17) is 0 Å². The summed E-state index contributed by atoms with van der Waals surface area (Å²) in [4.78, 5) is 0. The van der Waals surface area contributed by atoms with Crippen LogP contribution >= 0.6 is 0 Å². The van der Waals surface area contributed by atoms with Gasteiger partial charge in [-0.25, -0.2) is 0 Å². The zero-order valence-electron chi connectivity index (χ0n) is 12.0. The quantitative estimate of drug-likeness (QED) is 0.574. The van der Waals surface area contributed by atoms with Crippen LogP contribution in [0.15, 0.2) is 24.8 Å². The third kappa shape index (κ3) is 4.07. The van der Waals surface area contributed by atoms with E-state index in [1.807, 2.05) is 6.08 Å². The predicted molar refractivity (Wildman–Crippen MR) is 80.2 cm³/mol. The lowest BCUT2D eigenvalue weighted by molar-refractivity contribution is 0.117. The van der Waals surface area contributed by atoms with Gasteiger partial charge in [-0.3, -0.25) is 0 Å². The highest BCUT2D eigenvalue weighted by molar-refractivity contribution is 6.76. The van der Waals surface area contributed by atoms with E-state index in [2.05, 4.69) is 38.4 Å². The van der Waals surface area contributed by atoms with Crippen molar-refractivity contribution in [2.75, 3.05) is 13.2 Å². The van der Waals surface area contributed by atoms with Crippen LogP contribution < -0.4 is 0 Å². The summed E-state index contributed by atoms with van der Waals surface area (Å²) in [5, 5.41) is 19.0. The summed E-state index contributed by atoms with van der Waals surface area (Å²) in [5.41, 5.74) is 0. The minimum atomic E-state index is -1.03. The van der Waals surface area contributed by atoms with Crippen LogP contribution in [0.5, 0.6) is 0 Å². The van der Waals surface area contributed by atoms with Gasteiger partial charge in [0.1, 0.15) is 0 Å². The van der Waals surface area contributed by atoms with Crippen molar-refractivity contribution < 1.29 is 10.2 Å². The van der Waals surface area contributed by atoms with Gasteiger partial charge in [0.15, 0.2) is 0 Å². The lowest BCUT2D eigenvalue weighted by Gasteiger charge is -2.21. The second-order valence-electron chi connectivity index (χ2n) is 6.68. The Kier molecular flexibility index (Phi) is 5.82. The van der Waals surface area contributed by atoms with Crippen LogP contribution in [0.2, 0.25) is 25.7 Å². The van der Waals surface area contributed by atoms with Crippen molar-refractivity contribution in [2.45, 2.75) is 32.1 Å². The summed E-state index contributed by atoms with van der Waals surface area (Å²) in [6.45, 7) is 11.3. The fourth-order valence-corrected chi connectivity index (χ4v) is 3.77. The van der Waals surface area contributed by atoms with Crippen molar-refractivity contribution in [2.24, 2.45) is 23.7 Å². The Morgan fingerprint density at radius 1 is 1.11 bits per heavy atom. The molecule has 0 aromatic carbocycles. The lowest BCUT2D eigenvalue weighted by atomic mass is 9.88. The number of hydrogen-bond donors (Lipinski definition) is 2. The summed E-state index contributed by atoms with van der Waals surface area (Å²) >= 11 is 0. The molecule has 0 bridgehead atoms. The Morgan fingerprint density at radius 3 is 2.11 bits per heavy atom. The van der Waals surface area contributed by atoms with Crippen LogP contribution in [0.1, 0.15) is 6.42 Å². The van der Waals surface area contributed by atoms with Crippen molar-refractivity contribution in [3.63, 3.8) is 0 Å². The molecule has 1 saturated carbocycles. The minimum absolute atomic E-state index is 0.153. The van der Waals surface area contributed by atoms with Crippen LogP contribution in [0, 0.1) is 23.7 Å². The van der Waals surface area contributed by atoms with Crippen molar-refractivity contribution in [1.82, 2.24) is 0 Å². The van der Waals surface area contributed by atoms with Crippen LogP contribution in [0.25, 0.3) is 0 Å². The first-order valence-electron chi connectivity index (χ1n) is 6.94. The molecule has 1 aliphatic carbocycles. The monoisotopic (exact) mass is 268 g/mol. The Bertz CT molecular complexity index is 293. The van der Waals surface area contributed by atoms with E-state index < -0.39 is 8.07 Å². The van der Waals surface area contributed by atoms with Crippen LogP contribution in [-0.2, 0) is 0 Å². The molecule has 2 nitrogen and oxygen atoms in total. The zero-order chi connectivity index (χ0) is 13.8. The summed E-state index contributed by atoms with van der Waals surface area (Å²) in [6, 6.07) is 1.18. The van der Waals surface area contributed by atoms with Crippen molar-refractivity contribution in [3.05, 3.63) is 24.8 Å². The fraction of sp³-hybridized carbons (Fsp3) is 0.733. The second kappa shape index (κ2) is 6.69. The normalized spacial score (nSPS) is 33.2. The SMILES string of the molecule is C=C[C@@H]1C[C@H](/C=C\C[Si](C)(C)C)[C@@H](CO)[C@H]1CO. The van der Waals surface area contributed by atoms with Gasteiger partial charge in [-0.2, -0.15) is 0 Å². The molecular weight excluding hydrogens is 240 g/mol. The molecule has 0 aliphatic heterocycles. The molecule has 1 fully saturated rings. The predicted octanol–water partition coefficient (Wildman–Crippen LogP) is 2.92. The molecule has 0 unspecified atom stereocenters. The van der Waals surface area contributed by atoms with E-state index >= 15 is 0 Å². The number of hydrogen-bond acceptors (Lipinski definition) is 2. The molecule has 4 atom stereocenters. The molecular formula is C15H28O2Si. The molecule has 0 saturated heterocycles. The van der Waals surface area contributed by atoms with Gasteiger partial charge in [-0.05, 0) is 36.1 Å².